The maximum atomic E-state index is 11.9. The van der Waals surface area contributed by atoms with Crippen LogP contribution in [0.25, 0.3) is 0 Å². The monoisotopic (exact) mass is 321 g/mol. The lowest BCUT2D eigenvalue weighted by molar-refractivity contribution is -0.113. The summed E-state index contributed by atoms with van der Waals surface area (Å²) in [6.07, 6.45) is 0. The number of hydrogen-bond acceptors (Lipinski definition) is 4. The van der Waals surface area contributed by atoms with Crippen molar-refractivity contribution in [2.45, 2.75) is 18.1 Å². The Kier molecular flexibility index (Phi) is 5.03. The number of rotatable bonds is 5. The molecule has 2 N–H and O–H groups in total. The van der Waals surface area contributed by atoms with Gasteiger partial charge >= 0.3 is 5.97 Å². The fraction of sp³-hybridized carbons (Fsp3) is 0.200. The molecular formula is C15H15NO3S2. The third-order valence-electron chi connectivity index (χ3n) is 3.02. The first kappa shape index (κ1) is 15.6. The van der Waals surface area contributed by atoms with Gasteiger partial charge in [0.25, 0.3) is 0 Å². The molecule has 1 aromatic heterocycles. The molecule has 0 aliphatic heterocycles. The summed E-state index contributed by atoms with van der Waals surface area (Å²) in [6, 6.07) is 7.18. The molecule has 0 spiro atoms. The van der Waals surface area contributed by atoms with Gasteiger partial charge in [-0.05, 0) is 48.6 Å². The molecule has 4 nitrogen and oxygen atoms in total. The highest BCUT2D eigenvalue weighted by molar-refractivity contribution is 8.01. The van der Waals surface area contributed by atoms with Gasteiger partial charge in [-0.1, -0.05) is 6.07 Å². The standard InChI is InChI=1S/C15H15NO3S2/c1-9-6-11(7-12(10(9)2)15(18)19)16-13(17)8-21-14-4-3-5-20-14/h3-7H,8H2,1-2H3,(H,16,17)(H,18,19). The Morgan fingerprint density at radius 3 is 2.71 bits per heavy atom. The predicted octanol–water partition coefficient (Wildman–Crippen LogP) is 3.79. The number of thioether (sulfide) groups is 1. The van der Waals surface area contributed by atoms with Gasteiger partial charge in [-0.15, -0.1) is 23.1 Å². The van der Waals surface area contributed by atoms with E-state index in [1.807, 2.05) is 24.4 Å². The molecule has 0 atom stereocenters. The second kappa shape index (κ2) is 6.78. The Morgan fingerprint density at radius 2 is 2.10 bits per heavy atom. The number of carbonyl (C=O) groups excluding carboxylic acids is 1. The minimum Gasteiger partial charge on any atom is -0.478 e. The van der Waals surface area contributed by atoms with E-state index in [1.54, 1.807) is 24.3 Å². The van der Waals surface area contributed by atoms with Gasteiger partial charge in [0.2, 0.25) is 5.91 Å². The number of nitrogens with one attached hydrogen (secondary N) is 1. The van der Waals surface area contributed by atoms with Gasteiger partial charge in [-0.25, -0.2) is 4.79 Å². The predicted molar refractivity (Wildman–Crippen MR) is 86.5 cm³/mol. The molecule has 0 bridgehead atoms. The topological polar surface area (TPSA) is 66.4 Å². The van der Waals surface area contributed by atoms with Crippen LogP contribution < -0.4 is 5.32 Å². The summed E-state index contributed by atoms with van der Waals surface area (Å²) >= 11 is 3.05. The van der Waals surface area contributed by atoms with Crippen molar-refractivity contribution in [3.05, 3.63) is 46.3 Å². The van der Waals surface area contributed by atoms with Crippen LogP contribution in [0.1, 0.15) is 21.5 Å². The molecular weight excluding hydrogens is 306 g/mol. The van der Waals surface area contributed by atoms with E-state index in [-0.39, 0.29) is 11.5 Å². The number of anilines is 1. The first-order valence-electron chi connectivity index (χ1n) is 6.28. The van der Waals surface area contributed by atoms with Crippen LogP contribution in [-0.4, -0.2) is 22.7 Å². The Hall–Kier alpha value is -1.79. The van der Waals surface area contributed by atoms with Crippen molar-refractivity contribution in [2.75, 3.05) is 11.1 Å². The third-order valence-corrected chi connectivity index (χ3v) is 5.15. The number of carboxylic acids is 1. The zero-order chi connectivity index (χ0) is 15.4. The van der Waals surface area contributed by atoms with E-state index in [0.29, 0.717) is 17.0 Å². The number of hydrogen-bond donors (Lipinski definition) is 2. The van der Waals surface area contributed by atoms with Crippen molar-refractivity contribution < 1.29 is 14.7 Å². The summed E-state index contributed by atoms with van der Waals surface area (Å²) in [6.45, 7) is 3.59. The lowest BCUT2D eigenvalue weighted by Gasteiger charge is -2.10. The van der Waals surface area contributed by atoms with Crippen LogP contribution in [0.4, 0.5) is 5.69 Å². The molecule has 0 fully saturated rings. The second-order valence-corrected chi connectivity index (χ2v) is 6.76. The van der Waals surface area contributed by atoms with Gasteiger partial charge < -0.3 is 10.4 Å². The average Bonchev–Trinajstić information content (AvgIpc) is 2.93. The molecule has 0 saturated carbocycles. The number of thiophene rings is 1. The average molecular weight is 321 g/mol. The molecule has 0 unspecified atom stereocenters. The fourth-order valence-electron chi connectivity index (χ4n) is 1.83. The molecule has 2 rings (SSSR count). The molecule has 0 aliphatic carbocycles. The van der Waals surface area contributed by atoms with Gasteiger partial charge in [0.1, 0.15) is 0 Å². The van der Waals surface area contributed by atoms with Crippen LogP contribution in [0.5, 0.6) is 0 Å². The Bertz CT molecular complexity index is 666. The highest BCUT2D eigenvalue weighted by Crippen LogP contribution is 2.24. The second-order valence-electron chi connectivity index (χ2n) is 4.54. The molecule has 1 heterocycles. The Balaban J connectivity index is 2.05. The molecule has 6 heteroatoms. The summed E-state index contributed by atoms with van der Waals surface area (Å²) in [4.78, 5) is 23.1. The number of benzene rings is 1. The normalized spacial score (nSPS) is 10.4. The highest BCUT2D eigenvalue weighted by Gasteiger charge is 2.12. The molecule has 1 amide bonds. The first-order chi connectivity index (χ1) is 9.97. The molecule has 21 heavy (non-hydrogen) atoms. The Morgan fingerprint density at radius 1 is 1.33 bits per heavy atom. The van der Waals surface area contributed by atoms with Gasteiger partial charge in [-0.2, -0.15) is 0 Å². The van der Waals surface area contributed by atoms with E-state index in [1.165, 1.54) is 17.8 Å². The van der Waals surface area contributed by atoms with Gasteiger partial charge in [0, 0.05) is 5.69 Å². The minimum absolute atomic E-state index is 0.145. The van der Waals surface area contributed by atoms with Crippen LogP contribution in [0, 0.1) is 13.8 Å². The largest absolute Gasteiger partial charge is 0.478 e. The zero-order valence-electron chi connectivity index (χ0n) is 11.7. The smallest absolute Gasteiger partial charge is 0.336 e. The summed E-state index contributed by atoms with van der Waals surface area (Å²) in [5.41, 5.74) is 2.30. The minimum atomic E-state index is -0.986. The van der Waals surface area contributed by atoms with E-state index in [0.717, 1.165) is 9.77 Å². The molecule has 1 aromatic carbocycles. The van der Waals surface area contributed by atoms with Gasteiger partial charge in [0.15, 0.2) is 0 Å². The third kappa shape index (κ3) is 4.09. The van der Waals surface area contributed by atoms with Crippen LogP contribution in [0.15, 0.2) is 33.9 Å². The van der Waals surface area contributed by atoms with Crippen LogP contribution in [0.2, 0.25) is 0 Å². The van der Waals surface area contributed by atoms with Crippen LogP contribution in [-0.2, 0) is 4.79 Å². The van der Waals surface area contributed by atoms with Crippen molar-refractivity contribution in [1.82, 2.24) is 0 Å². The fourth-order valence-corrected chi connectivity index (χ4v) is 3.42. The Labute approximate surface area is 131 Å². The lowest BCUT2D eigenvalue weighted by Crippen LogP contribution is -2.15. The summed E-state index contributed by atoms with van der Waals surface area (Å²) in [5, 5.41) is 13.9. The molecule has 110 valence electrons. The van der Waals surface area contributed by atoms with E-state index in [4.69, 9.17) is 5.11 Å². The zero-order valence-corrected chi connectivity index (χ0v) is 13.3. The SMILES string of the molecule is Cc1cc(NC(=O)CSc2cccs2)cc(C(=O)O)c1C. The van der Waals surface area contributed by atoms with E-state index >= 15 is 0 Å². The highest BCUT2D eigenvalue weighted by atomic mass is 32.2. The van der Waals surface area contributed by atoms with Crippen molar-refractivity contribution in [2.24, 2.45) is 0 Å². The van der Waals surface area contributed by atoms with Crippen LogP contribution >= 0.6 is 23.1 Å². The van der Waals surface area contributed by atoms with Crippen molar-refractivity contribution >= 4 is 40.7 Å². The van der Waals surface area contributed by atoms with Crippen LogP contribution in [0.3, 0.4) is 0 Å². The number of aromatic carboxylic acids is 1. The maximum Gasteiger partial charge on any atom is 0.336 e. The number of aryl methyl sites for hydroxylation is 1. The van der Waals surface area contributed by atoms with E-state index in [2.05, 4.69) is 5.32 Å². The van der Waals surface area contributed by atoms with Gasteiger partial charge in [0.05, 0.1) is 15.5 Å². The van der Waals surface area contributed by atoms with Crippen molar-refractivity contribution in [3.8, 4) is 0 Å². The number of carbonyl (C=O) groups is 2. The molecule has 0 saturated heterocycles. The first-order valence-corrected chi connectivity index (χ1v) is 8.14. The summed E-state index contributed by atoms with van der Waals surface area (Å²) in [5.74, 6) is -0.830. The summed E-state index contributed by atoms with van der Waals surface area (Å²) in [7, 11) is 0. The molecule has 0 radical (unpaired) electrons. The quantitative estimate of drug-likeness (QED) is 0.822. The maximum absolute atomic E-state index is 11.9. The van der Waals surface area contributed by atoms with Crippen molar-refractivity contribution in [1.29, 1.82) is 0 Å². The van der Waals surface area contributed by atoms with E-state index < -0.39 is 5.97 Å². The number of carboxylic acid groups (broad SMARTS) is 1. The molecule has 2 aromatic rings. The molecule has 0 aliphatic rings. The lowest BCUT2D eigenvalue weighted by atomic mass is 10.0. The van der Waals surface area contributed by atoms with Gasteiger partial charge in [-0.3, -0.25) is 4.79 Å². The number of amides is 1. The van der Waals surface area contributed by atoms with Crippen molar-refractivity contribution in [3.63, 3.8) is 0 Å². The summed E-state index contributed by atoms with van der Waals surface area (Å²) < 4.78 is 1.08. The van der Waals surface area contributed by atoms with E-state index in [9.17, 15) is 9.59 Å².